The number of amides is 2. The summed E-state index contributed by atoms with van der Waals surface area (Å²) in [4.78, 5) is 27.5. The van der Waals surface area contributed by atoms with Crippen molar-refractivity contribution < 1.29 is 28.2 Å². The smallest absolute Gasteiger partial charge is 0.291 e. The molecule has 0 aliphatic carbocycles. The Kier molecular flexibility index (Phi) is 6.95. The van der Waals surface area contributed by atoms with Crippen molar-refractivity contribution in [2.24, 2.45) is 0 Å². The van der Waals surface area contributed by atoms with Crippen molar-refractivity contribution >= 4 is 28.5 Å². The van der Waals surface area contributed by atoms with Gasteiger partial charge < -0.3 is 28.8 Å². The number of hydrogen-bond donors (Lipinski definition) is 1. The number of nitrogens with one attached hydrogen (secondary N) is 1. The number of carbonyl (C=O) groups excluding carboxylic acids is 2. The van der Waals surface area contributed by atoms with E-state index in [4.69, 9.17) is 18.6 Å². The molecule has 0 radical (unpaired) electrons. The molecule has 1 aliphatic heterocycles. The summed E-state index contributed by atoms with van der Waals surface area (Å²) >= 11 is 0. The molecule has 0 unspecified atom stereocenters. The summed E-state index contributed by atoms with van der Waals surface area (Å²) in [5, 5.41) is 3.45. The topological polar surface area (TPSA) is 90.2 Å². The molecule has 2 aromatic carbocycles. The minimum Gasteiger partial charge on any atom is -0.493 e. The van der Waals surface area contributed by atoms with Crippen LogP contribution in [0.15, 0.2) is 59.5 Å². The number of anilines is 1. The van der Waals surface area contributed by atoms with Crippen molar-refractivity contribution in [3.05, 3.63) is 66.4 Å². The number of carbonyl (C=O) groups is 2. The maximum atomic E-state index is 13.1. The van der Waals surface area contributed by atoms with Gasteiger partial charge in [-0.25, -0.2) is 0 Å². The Morgan fingerprint density at radius 1 is 1.15 bits per heavy atom. The third-order valence-corrected chi connectivity index (χ3v) is 5.32. The van der Waals surface area contributed by atoms with Crippen LogP contribution < -0.4 is 14.8 Å². The van der Waals surface area contributed by atoms with Crippen molar-refractivity contribution in [2.45, 2.75) is 6.42 Å². The zero-order valence-electron chi connectivity index (χ0n) is 18.5. The van der Waals surface area contributed by atoms with Crippen LogP contribution >= 0.6 is 0 Å². The van der Waals surface area contributed by atoms with E-state index in [9.17, 15) is 9.59 Å². The molecule has 2 heterocycles. The van der Waals surface area contributed by atoms with Gasteiger partial charge in [0, 0.05) is 18.5 Å². The number of methoxy groups -OCH3 is 1. The Bertz CT molecular complexity index is 1160. The Hall–Kier alpha value is -3.78. The van der Waals surface area contributed by atoms with Crippen molar-refractivity contribution in [2.75, 3.05) is 45.3 Å². The van der Waals surface area contributed by atoms with Gasteiger partial charge in [-0.2, -0.15) is 0 Å². The molecule has 0 bridgehead atoms. The molecule has 172 valence electrons. The fourth-order valence-corrected chi connectivity index (χ4v) is 3.67. The first-order valence-electron chi connectivity index (χ1n) is 10.7. The lowest BCUT2D eigenvalue weighted by atomic mass is 10.1. The average Bonchev–Trinajstić information content (AvgIpc) is 3.21. The highest BCUT2D eigenvalue weighted by Crippen LogP contribution is 2.32. The molecule has 33 heavy (non-hydrogen) atoms. The lowest BCUT2D eigenvalue weighted by Crippen LogP contribution is -2.40. The largest absolute Gasteiger partial charge is 0.493 e. The number of rotatable bonds is 8. The quantitative estimate of drug-likeness (QED) is 0.527. The number of allylic oxidation sites excluding steroid dienone is 1. The molecule has 3 aromatic rings. The Balaban J connectivity index is 1.52. The van der Waals surface area contributed by atoms with Gasteiger partial charge in [-0.1, -0.05) is 24.3 Å². The van der Waals surface area contributed by atoms with E-state index in [0.29, 0.717) is 60.9 Å². The Labute approximate surface area is 191 Å². The number of ether oxygens (including phenoxy) is 3. The molecule has 8 heteroatoms. The maximum absolute atomic E-state index is 13.1. The van der Waals surface area contributed by atoms with Crippen LogP contribution in [-0.4, -0.2) is 56.7 Å². The number of nitrogens with zero attached hydrogens (tertiary/aromatic N) is 1. The molecule has 0 atom stereocenters. The van der Waals surface area contributed by atoms with E-state index in [1.54, 1.807) is 36.3 Å². The second kappa shape index (κ2) is 10.2. The second-order valence-electron chi connectivity index (χ2n) is 7.52. The van der Waals surface area contributed by atoms with Crippen LogP contribution in [0.4, 0.5) is 5.69 Å². The highest BCUT2D eigenvalue weighted by atomic mass is 16.5. The SMILES string of the molecule is C=CCc1ccc(OCC(=O)Nc2c(C(=O)N3CCOCC3)oc3ccccc23)c(OC)c1. The number of hydrogen-bond acceptors (Lipinski definition) is 6. The molecule has 1 N–H and O–H groups in total. The van der Waals surface area contributed by atoms with Gasteiger partial charge in [0.25, 0.3) is 11.8 Å². The first-order valence-corrected chi connectivity index (χ1v) is 10.7. The summed E-state index contributed by atoms with van der Waals surface area (Å²) in [6.07, 6.45) is 2.50. The molecule has 8 nitrogen and oxygen atoms in total. The van der Waals surface area contributed by atoms with Crippen LogP contribution in [0.5, 0.6) is 11.5 Å². The molecule has 4 rings (SSSR count). The summed E-state index contributed by atoms with van der Waals surface area (Å²) in [7, 11) is 1.54. The fourth-order valence-electron chi connectivity index (χ4n) is 3.67. The predicted octanol–water partition coefficient (Wildman–Crippen LogP) is 3.66. The van der Waals surface area contributed by atoms with Gasteiger partial charge >= 0.3 is 0 Å². The van der Waals surface area contributed by atoms with Crippen molar-refractivity contribution in [3.8, 4) is 11.5 Å². The molecule has 2 amide bonds. The van der Waals surface area contributed by atoms with E-state index < -0.39 is 5.91 Å². The minimum atomic E-state index is -0.421. The molecule has 1 fully saturated rings. The molecule has 1 aromatic heterocycles. The molecule has 0 spiro atoms. The van der Waals surface area contributed by atoms with Crippen LogP contribution in [0.25, 0.3) is 11.0 Å². The fraction of sp³-hybridized carbons (Fsp3) is 0.280. The number of furan rings is 1. The van der Waals surface area contributed by atoms with Gasteiger partial charge in [0.1, 0.15) is 11.3 Å². The van der Waals surface area contributed by atoms with Gasteiger partial charge in [-0.15, -0.1) is 6.58 Å². The predicted molar refractivity (Wildman–Crippen MR) is 124 cm³/mol. The maximum Gasteiger partial charge on any atom is 0.291 e. The Morgan fingerprint density at radius 2 is 1.94 bits per heavy atom. The number of morpholine rings is 1. The van der Waals surface area contributed by atoms with Gasteiger partial charge in [-0.05, 0) is 36.2 Å². The van der Waals surface area contributed by atoms with E-state index in [0.717, 1.165) is 5.56 Å². The number of benzene rings is 2. The number of fused-ring (bicyclic) bond motifs is 1. The van der Waals surface area contributed by atoms with Gasteiger partial charge in [0.05, 0.1) is 20.3 Å². The first kappa shape index (κ1) is 22.4. The van der Waals surface area contributed by atoms with E-state index >= 15 is 0 Å². The van der Waals surface area contributed by atoms with Gasteiger partial charge in [0.15, 0.2) is 18.1 Å². The zero-order chi connectivity index (χ0) is 23.2. The van der Waals surface area contributed by atoms with Crippen molar-refractivity contribution in [3.63, 3.8) is 0 Å². The summed E-state index contributed by atoms with van der Waals surface area (Å²) in [6.45, 7) is 5.34. The monoisotopic (exact) mass is 450 g/mol. The van der Waals surface area contributed by atoms with E-state index in [1.165, 1.54) is 0 Å². The van der Waals surface area contributed by atoms with Crippen molar-refractivity contribution in [1.82, 2.24) is 4.90 Å². The third kappa shape index (κ3) is 5.01. The summed E-state index contributed by atoms with van der Waals surface area (Å²) < 4.78 is 22.2. The standard InChI is InChI=1S/C25H26N2O6/c1-3-6-17-9-10-20(21(15-17)30-2)32-16-22(28)26-23-18-7-4-5-8-19(18)33-24(23)25(29)27-11-13-31-14-12-27/h3-5,7-10,15H,1,6,11-14,16H2,2H3,(H,26,28). The van der Waals surface area contributed by atoms with Crippen molar-refractivity contribution in [1.29, 1.82) is 0 Å². The summed E-state index contributed by atoms with van der Waals surface area (Å²) in [5.74, 6) is 0.360. The van der Waals surface area contributed by atoms with Gasteiger partial charge in [-0.3, -0.25) is 9.59 Å². The molecule has 0 saturated carbocycles. The minimum absolute atomic E-state index is 0.0952. The lowest BCUT2D eigenvalue weighted by molar-refractivity contribution is -0.118. The van der Waals surface area contributed by atoms with Crippen LogP contribution in [0, 0.1) is 0 Å². The molecule has 1 saturated heterocycles. The summed E-state index contributed by atoms with van der Waals surface area (Å²) in [6, 6.07) is 12.7. The third-order valence-electron chi connectivity index (χ3n) is 5.32. The van der Waals surface area contributed by atoms with Crippen LogP contribution in [-0.2, 0) is 16.0 Å². The number of para-hydroxylation sites is 1. The first-order chi connectivity index (χ1) is 16.1. The van der Waals surface area contributed by atoms with Gasteiger partial charge in [0.2, 0.25) is 5.76 Å². The normalized spacial score (nSPS) is 13.5. The molecular formula is C25H26N2O6. The van der Waals surface area contributed by atoms with Crippen LogP contribution in [0.1, 0.15) is 16.1 Å². The second-order valence-corrected chi connectivity index (χ2v) is 7.52. The van der Waals surface area contributed by atoms with E-state index in [-0.39, 0.29) is 18.3 Å². The molecule has 1 aliphatic rings. The highest BCUT2D eigenvalue weighted by molar-refractivity contribution is 6.11. The zero-order valence-corrected chi connectivity index (χ0v) is 18.5. The highest BCUT2D eigenvalue weighted by Gasteiger charge is 2.27. The Morgan fingerprint density at radius 3 is 2.70 bits per heavy atom. The van der Waals surface area contributed by atoms with E-state index in [1.807, 2.05) is 24.3 Å². The van der Waals surface area contributed by atoms with E-state index in [2.05, 4.69) is 11.9 Å². The van der Waals surface area contributed by atoms with Crippen LogP contribution in [0.3, 0.4) is 0 Å². The summed E-state index contributed by atoms with van der Waals surface area (Å²) in [5.41, 5.74) is 1.88. The molecular weight excluding hydrogens is 424 g/mol. The average molecular weight is 450 g/mol. The van der Waals surface area contributed by atoms with Crippen LogP contribution in [0.2, 0.25) is 0 Å². The lowest BCUT2D eigenvalue weighted by Gasteiger charge is -2.26.